The molecular weight excluding hydrogens is 436 g/mol. The summed E-state index contributed by atoms with van der Waals surface area (Å²) < 4.78 is 5.68. The van der Waals surface area contributed by atoms with Gasteiger partial charge in [0.2, 0.25) is 0 Å². The molecule has 1 saturated heterocycles. The minimum atomic E-state index is -1.18. The molecule has 1 fully saturated rings. The summed E-state index contributed by atoms with van der Waals surface area (Å²) in [5.74, 6) is -2.27. The molecule has 32 heavy (non-hydrogen) atoms. The molecule has 3 aromatic rings. The van der Waals surface area contributed by atoms with Gasteiger partial charge in [-0.25, -0.2) is 9.59 Å². The molecule has 9 heteroatoms. The van der Waals surface area contributed by atoms with Gasteiger partial charge in [-0.15, -0.1) is 0 Å². The number of hydrogen-bond donors (Lipinski definition) is 2. The zero-order valence-corrected chi connectivity index (χ0v) is 17.1. The lowest BCUT2D eigenvalue weighted by molar-refractivity contribution is -0.130. The summed E-state index contributed by atoms with van der Waals surface area (Å²) in [6.45, 7) is 0.00225. The summed E-state index contributed by atoms with van der Waals surface area (Å²) in [4.78, 5) is 49.5. The number of carboxylic acid groups (broad SMARTS) is 1. The molecule has 0 spiro atoms. The second-order valence-electron chi connectivity index (χ2n) is 6.90. The quantitative estimate of drug-likeness (QED) is 0.449. The Morgan fingerprint density at radius 2 is 1.81 bits per heavy atom. The van der Waals surface area contributed by atoms with Gasteiger partial charge in [0.15, 0.2) is 0 Å². The van der Waals surface area contributed by atoms with Crippen LogP contribution in [-0.4, -0.2) is 33.8 Å². The number of carboxylic acids is 1. The van der Waals surface area contributed by atoms with Crippen LogP contribution < -0.4 is 5.32 Å². The van der Waals surface area contributed by atoms with Gasteiger partial charge in [0, 0.05) is 5.56 Å². The van der Waals surface area contributed by atoms with Crippen molar-refractivity contribution >= 4 is 41.5 Å². The van der Waals surface area contributed by atoms with Gasteiger partial charge in [0.25, 0.3) is 11.8 Å². The molecular formula is C23H15ClN2O6. The molecule has 0 unspecified atom stereocenters. The molecule has 1 aliphatic heterocycles. The van der Waals surface area contributed by atoms with Gasteiger partial charge in [0.1, 0.15) is 17.1 Å². The first-order chi connectivity index (χ1) is 15.3. The van der Waals surface area contributed by atoms with Crippen LogP contribution in [0.15, 0.2) is 70.7 Å². The maximum atomic E-state index is 12.8. The third-order valence-corrected chi connectivity index (χ3v) is 5.09. The predicted molar refractivity (Wildman–Crippen MR) is 115 cm³/mol. The van der Waals surface area contributed by atoms with Gasteiger partial charge in [-0.2, -0.15) is 0 Å². The SMILES string of the molecule is O=C1NC(=O)N(Cc2ccccc2)C(=O)/C1=C/c1ccc(-c2ccc(Cl)c(C(=O)O)c2)o1. The van der Waals surface area contributed by atoms with E-state index in [0.717, 1.165) is 10.5 Å². The maximum absolute atomic E-state index is 12.8. The number of aromatic carboxylic acids is 1. The van der Waals surface area contributed by atoms with E-state index in [1.54, 1.807) is 36.4 Å². The van der Waals surface area contributed by atoms with E-state index in [1.165, 1.54) is 24.3 Å². The first-order valence-electron chi connectivity index (χ1n) is 9.39. The first-order valence-corrected chi connectivity index (χ1v) is 9.77. The van der Waals surface area contributed by atoms with E-state index in [9.17, 15) is 24.3 Å². The molecule has 0 atom stereocenters. The van der Waals surface area contributed by atoms with Gasteiger partial charge in [0.05, 0.1) is 17.1 Å². The average Bonchev–Trinajstić information content (AvgIpc) is 3.24. The van der Waals surface area contributed by atoms with Crippen molar-refractivity contribution in [2.24, 2.45) is 0 Å². The van der Waals surface area contributed by atoms with Crippen LogP contribution in [0.2, 0.25) is 5.02 Å². The number of imide groups is 2. The molecule has 1 aliphatic rings. The number of barbiturate groups is 1. The summed E-state index contributed by atoms with van der Waals surface area (Å²) in [5.41, 5.74) is 0.833. The van der Waals surface area contributed by atoms with Crippen LogP contribution in [0.3, 0.4) is 0 Å². The molecule has 0 bridgehead atoms. The fourth-order valence-electron chi connectivity index (χ4n) is 3.17. The van der Waals surface area contributed by atoms with Crippen LogP contribution in [0.25, 0.3) is 17.4 Å². The van der Waals surface area contributed by atoms with Crippen LogP contribution in [0.4, 0.5) is 4.79 Å². The van der Waals surface area contributed by atoms with Gasteiger partial charge < -0.3 is 9.52 Å². The third kappa shape index (κ3) is 4.17. The monoisotopic (exact) mass is 450 g/mol. The van der Waals surface area contributed by atoms with Crippen molar-refractivity contribution in [2.45, 2.75) is 6.54 Å². The molecule has 2 N–H and O–H groups in total. The maximum Gasteiger partial charge on any atom is 0.337 e. The largest absolute Gasteiger partial charge is 0.478 e. The van der Waals surface area contributed by atoms with Crippen LogP contribution >= 0.6 is 11.6 Å². The third-order valence-electron chi connectivity index (χ3n) is 4.76. The molecule has 0 aliphatic carbocycles. The summed E-state index contributed by atoms with van der Waals surface area (Å²) in [7, 11) is 0. The lowest BCUT2D eigenvalue weighted by Gasteiger charge is -2.26. The normalized spacial score (nSPS) is 15.2. The second kappa shape index (κ2) is 8.52. The van der Waals surface area contributed by atoms with Crippen molar-refractivity contribution in [3.63, 3.8) is 0 Å². The Morgan fingerprint density at radius 3 is 2.53 bits per heavy atom. The zero-order valence-electron chi connectivity index (χ0n) is 16.4. The number of carbonyl (C=O) groups is 4. The Morgan fingerprint density at radius 1 is 1.06 bits per heavy atom. The molecule has 1 aromatic heterocycles. The Hall–Kier alpha value is -4.17. The molecule has 2 aromatic carbocycles. The van der Waals surface area contributed by atoms with Crippen molar-refractivity contribution in [3.05, 3.63) is 88.1 Å². The van der Waals surface area contributed by atoms with Gasteiger partial charge in [-0.3, -0.25) is 19.8 Å². The van der Waals surface area contributed by atoms with Crippen molar-refractivity contribution in [3.8, 4) is 11.3 Å². The fraction of sp³-hybridized carbons (Fsp3) is 0.0435. The number of urea groups is 1. The number of nitrogens with one attached hydrogen (secondary N) is 1. The van der Waals surface area contributed by atoms with E-state index in [-0.39, 0.29) is 28.5 Å². The molecule has 0 saturated carbocycles. The van der Waals surface area contributed by atoms with Crippen molar-refractivity contribution in [2.75, 3.05) is 0 Å². The number of furan rings is 1. The van der Waals surface area contributed by atoms with Gasteiger partial charge in [-0.05, 0) is 42.0 Å². The fourth-order valence-corrected chi connectivity index (χ4v) is 3.37. The van der Waals surface area contributed by atoms with Crippen molar-refractivity contribution in [1.82, 2.24) is 10.2 Å². The van der Waals surface area contributed by atoms with Crippen LogP contribution in [0, 0.1) is 0 Å². The van der Waals surface area contributed by atoms with E-state index in [2.05, 4.69) is 5.32 Å². The topological polar surface area (TPSA) is 117 Å². The highest BCUT2D eigenvalue weighted by atomic mass is 35.5. The standard InChI is InChI=1S/C23H15ClN2O6/c24-18-8-6-14(10-16(18)22(29)30)19-9-7-15(32-19)11-17-20(27)25-23(31)26(21(17)28)12-13-4-2-1-3-5-13/h1-11H,12H2,(H,29,30)(H,25,27,31)/b17-11+. The number of nitrogens with zero attached hydrogens (tertiary/aromatic N) is 1. The molecule has 8 nitrogen and oxygen atoms in total. The minimum Gasteiger partial charge on any atom is -0.478 e. The van der Waals surface area contributed by atoms with Crippen molar-refractivity contribution < 1.29 is 28.7 Å². The summed E-state index contributed by atoms with van der Waals surface area (Å²) in [5, 5.41) is 11.5. The van der Waals surface area contributed by atoms with E-state index < -0.39 is 23.8 Å². The Labute approximate surface area is 186 Å². The number of hydrogen-bond acceptors (Lipinski definition) is 5. The van der Waals surface area contributed by atoms with Crippen molar-refractivity contribution in [1.29, 1.82) is 0 Å². The smallest absolute Gasteiger partial charge is 0.337 e. The lowest BCUT2D eigenvalue weighted by Crippen LogP contribution is -2.53. The van der Waals surface area contributed by atoms with Crippen LogP contribution in [0.5, 0.6) is 0 Å². The van der Waals surface area contributed by atoms with Gasteiger partial charge >= 0.3 is 12.0 Å². The lowest BCUT2D eigenvalue weighted by atomic mass is 10.1. The van der Waals surface area contributed by atoms with Gasteiger partial charge in [-0.1, -0.05) is 41.9 Å². The second-order valence-corrected chi connectivity index (χ2v) is 7.30. The minimum absolute atomic E-state index is 0.00225. The highest BCUT2D eigenvalue weighted by Gasteiger charge is 2.36. The highest BCUT2D eigenvalue weighted by Crippen LogP contribution is 2.28. The number of amides is 4. The predicted octanol–water partition coefficient (Wildman–Crippen LogP) is 3.96. The van der Waals surface area contributed by atoms with E-state index >= 15 is 0 Å². The number of rotatable bonds is 5. The molecule has 0 radical (unpaired) electrons. The summed E-state index contributed by atoms with van der Waals surface area (Å²) >= 11 is 5.89. The zero-order chi connectivity index (χ0) is 22.8. The number of benzene rings is 2. The summed E-state index contributed by atoms with van der Waals surface area (Å²) in [6, 6.07) is 15.6. The van der Waals surface area contributed by atoms with E-state index in [1.807, 2.05) is 6.07 Å². The Balaban J connectivity index is 1.62. The first kappa shape index (κ1) is 21.1. The summed E-state index contributed by atoms with van der Waals surface area (Å²) in [6.07, 6.45) is 1.24. The highest BCUT2D eigenvalue weighted by molar-refractivity contribution is 6.33. The Kier molecular flexibility index (Phi) is 5.61. The number of halogens is 1. The van der Waals surface area contributed by atoms with Crippen LogP contribution in [-0.2, 0) is 16.1 Å². The van der Waals surface area contributed by atoms with Crippen LogP contribution in [0.1, 0.15) is 21.7 Å². The molecule has 2 heterocycles. The van der Waals surface area contributed by atoms with E-state index in [0.29, 0.717) is 11.3 Å². The molecule has 160 valence electrons. The Bertz CT molecular complexity index is 1280. The molecule has 4 rings (SSSR count). The molecule has 4 amide bonds. The van der Waals surface area contributed by atoms with E-state index in [4.69, 9.17) is 16.0 Å². The average molecular weight is 451 g/mol. The number of carbonyl (C=O) groups excluding carboxylic acids is 3.